The lowest BCUT2D eigenvalue weighted by Crippen LogP contribution is -2.19. The standard InChI is InChI=1S/C23H24ClN5O/c1-5-29(19-11-10-15(14(2)3)12-17(19)24)23-26-18-13-25-28-22(18)21(27-23)16-8-6-7-9-20(16)30-4/h6-14H,5H2,1-4H3,(H,25,28). The Labute approximate surface area is 180 Å². The molecule has 30 heavy (non-hydrogen) atoms. The number of anilines is 2. The minimum atomic E-state index is 0.405. The number of H-pyrrole nitrogens is 1. The zero-order valence-corrected chi connectivity index (χ0v) is 18.2. The van der Waals surface area contributed by atoms with E-state index in [2.05, 4.69) is 37.0 Å². The van der Waals surface area contributed by atoms with Gasteiger partial charge in [0.2, 0.25) is 5.95 Å². The highest BCUT2D eigenvalue weighted by atomic mass is 35.5. The van der Waals surface area contributed by atoms with Gasteiger partial charge in [0, 0.05) is 12.1 Å². The van der Waals surface area contributed by atoms with Crippen LogP contribution in [0.1, 0.15) is 32.3 Å². The Morgan fingerprint density at radius 1 is 1.13 bits per heavy atom. The molecule has 0 amide bonds. The van der Waals surface area contributed by atoms with Crippen molar-refractivity contribution in [3.05, 3.63) is 59.2 Å². The van der Waals surface area contributed by atoms with Gasteiger partial charge in [0.15, 0.2) is 0 Å². The number of halogens is 1. The third-order valence-corrected chi connectivity index (χ3v) is 5.44. The van der Waals surface area contributed by atoms with Gasteiger partial charge in [-0.25, -0.2) is 9.97 Å². The summed E-state index contributed by atoms with van der Waals surface area (Å²) in [5.74, 6) is 1.70. The lowest BCUT2D eigenvalue weighted by molar-refractivity contribution is 0.416. The summed E-state index contributed by atoms with van der Waals surface area (Å²) in [6.07, 6.45) is 1.71. The van der Waals surface area contributed by atoms with Crippen LogP contribution < -0.4 is 9.64 Å². The molecule has 4 aromatic rings. The van der Waals surface area contributed by atoms with Gasteiger partial charge in [-0.15, -0.1) is 0 Å². The molecule has 0 unspecified atom stereocenters. The molecular weight excluding hydrogens is 398 g/mol. The number of para-hydroxylation sites is 1. The van der Waals surface area contributed by atoms with Crippen molar-refractivity contribution < 1.29 is 4.74 Å². The first-order valence-corrected chi connectivity index (χ1v) is 10.3. The zero-order valence-electron chi connectivity index (χ0n) is 17.5. The van der Waals surface area contributed by atoms with E-state index in [1.54, 1.807) is 13.3 Å². The van der Waals surface area contributed by atoms with Crippen molar-refractivity contribution in [3.63, 3.8) is 0 Å². The van der Waals surface area contributed by atoms with Gasteiger partial charge >= 0.3 is 0 Å². The first-order chi connectivity index (χ1) is 14.5. The monoisotopic (exact) mass is 421 g/mol. The van der Waals surface area contributed by atoms with Crippen molar-refractivity contribution in [1.82, 2.24) is 20.2 Å². The van der Waals surface area contributed by atoms with E-state index in [1.807, 2.05) is 41.3 Å². The molecule has 4 rings (SSSR count). The number of aromatic nitrogens is 4. The van der Waals surface area contributed by atoms with Crippen LogP contribution in [0.4, 0.5) is 11.6 Å². The molecule has 0 radical (unpaired) electrons. The lowest BCUT2D eigenvalue weighted by atomic mass is 10.0. The number of hydrogen-bond donors (Lipinski definition) is 1. The number of benzene rings is 2. The van der Waals surface area contributed by atoms with Crippen LogP contribution in [0.15, 0.2) is 48.7 Å². The fourth-order valence-electron chi connectivity index (χ4n) is 3.50. The number of fused-ring (bicyclic) bond motifs is 1. The second-order valence-electron chi connectivity index (χ2n) is 7.31. The number of methoxy groups -OCH3 is 1. The minimum absolute atomic E-state index is 0.405. The van der Waals surface area contributed by atoms with Crippen LogP contribution in [0.25, 0.3) is 22.3 Å². The molecule has 0 saturated heterocycles. The van der Waals surface area contributed by atoms with Crippen LogP contribution in [0.2, 0.25) is 5.02 Å². The van der Waals surface area contributed by atoms with E-state index in [1.165, 1.54) is 5.56 Å². The fourth-order valence-corrected chi connectivity index (χ4v) is 3.80. The minimum Gasteiger partial charge on any atom is -0.496 e. The van der Waals surface area contributed by atoms with Crippen LogP contribution in [0, 0.1) is 0 Å². The maximum absolute atomic E-state index is 6.66. The number of aromatic amines is 1. The molecule has 2 aromatic carbocycles. The highest BCUT2D eigenvalue weighted by Gasteiger charge is 2.20. The van der Waals surface area contributed by atoms with Crippen molar-refractivity contribution in [1.29, 1.82) is 0 Å². The largest absolute Gasteiger partial charge is 0.496 e. The Hall–Kier alpha value is -3.12. The van der Waals surface area contributed by atoms with E-state index < -0.39 is 0 Å². The normalized spacial score (nSPS) is 11.3. The van der Waals surface area contributed by atoms with Crippen molar-refractivity contribution in [2.24, 2.45) is 0 Å². The number of nitrogens with one attached hydrogen (secondary N) is 1. The molecule has 0 saturated carbocycles. The van der Waals surface area contributed by atoms with E-state index in [9.17, 15) is 0 Å². The highest BCUT2D eigenvalue weighted by molar-refractivity contribution is 6.33. The molecule has 154 valence electrons. The first-order valence-electron chi connectivity index (χ1n) is 9.95. The molecule has 0 aliphatic heterocycles. The summed E-state index contributed by atoms with van der Waals surface area (Å²) in [6, 6.07) is 13.9. The summed E-state index contributed by atoms with van der Waals surface area (Å²) in [5, 5.41) is 7.87. The Morgan fingerprint density at radius 2 is 1.93 bits per heavy atom. The summed E-state index contributed by atoms with van der Waals surface area (Å²) in [6.45, 7) is 7.02. The molecular formula is C23H24ClN5O. The fraction of sp³-hybridized carbons (Fsp3) is 0.261. The Morgan fingerprint density at radius 3 is 2.63 bits per heavy atom. The van der Waals surface area contributed by atoms with Gasteiger partial charge in [0.25, 0.3) is 0 Å². The summed E-state index contributed by atoms with van der Waals surface area (Å²) in [7, 11) is 1.65. The maximum atomic E-state index is 6.66. The maximum Gasteiger partial charge on any atom is 0.231 e. The van der Waals surface area contributed by atoms with E-state index in [-0.39, 0.29) is 0 Å². The van der Waals surface area contributed by atoms with Gasteiger partial charge in [-0.05, 0) is 42.7 Å². The zero-order chi connectivity index (χ0) is 21.3. The average molecular weight is 422 g/mol. The first kappa shape index (κ1) is 20.2. The Balaban J connectivity index is 1.88. The van der Waals surface area contributed by atoms with Gasteiger partial charge in [-0.1, -0.05) is 43.6 Å². The van der Waals surface area contributed by atoms with Gasteiger partial charge in [-0.2, -0.15) is 5.10 Å². The van der Waals surface area contributed by atoms with Crippen LogP contribution >= 0.6 is 11.6 Å². The molecule has 0 atom stereocenters. The summed E-state index contributed by atoms with van der Waals surface area (Å²) >= 11 is 6.66. The smallest absolute Gasteiger partial charge is 0.231 e. The van der Waals surface area contributed by atoms with E-state index in [4.69, 9.17) is 26.3 Å². The van der Waals surface area contributed by atoms with Gasteiger partial charge < -0.3 is 9.64 Å². The van der Waals surface area contributed by atoms with Crippen molar-refractivity contribution in [3.8, 4) is 17.0 Å². The SMILES string of the molecule is CCN(c1nc(-c2ccccc2OC)c2[nH]ncc2n1)c1ccc(C(C)C)cc1Cl. The molecule has 0 aliphatic carbocycles. The predicted octanol–water partition coefficient (Wildman–Crippen LogP) is 5.96. The summed E-state index contributed by atoms with van der Waals surface area (Å²) < 4.78 is 5.56. The van der Waals surface area contributed by atoms with Crippen molar-refractivity contribution in [2.75, 3.05) is 18.6 Å². The highest BCUT2D eigenvalue weighted by Crippen LogP contribution is 2.36. The second-order valence-corrected chi connectivity index (χ2v) is 7.72. The average Bonchev–Trinajstić information content (AvgIpc) is 3.23. The molecule has 0 aliphatic rings. The third-order valence-electron chi connectivity index (χ3n) is 5.14. The number of nitrogens with zero attached hydrogens (tertiary/aromatic N) is 4. The lowest BCUT2D eigenvalue weighted by Gasteiger charge is -2.23. The molecule has 0 bridgehead atoms. The van der Waals surface area contributed by atoms with Crippen molar-refractivity contribution >= 4 is 34.3 Å². The predicted molar refractivity (Wildman–Crippen MR) is 122 cm³/mol. The van der Waals surface area contributed by atoms with E-state index >= 15 is 0 Å². The van der Waals surface area contributed by atoms with Crippen molar-refractivity contribution in [2.45, 2.75) is 26.7 Å². The number of ether oxygens (including phenoxy) is 1. The van der Waals surface area contributed by atoms with Crippen LogP contribution in [0.5, 0.6) is 5.75 Å². The van der Waals surface area contributed by atoms with Gasteiger partial charge in [0.1, 0.15) is 22.5 Å². The molecule has 0 spiro atoms. The van der Waals surface area contributed by atoms with E-state index in [0.717, 1.165) is 33.7 Å². The third kappa shape index (κ3) is 3.59. The molecule has 7 heteroatoms. The van der Waals surface area contributed by atoms with E-state index in [0.29, 0.717) is 23.4 Å². The second kappa shape index (κ2) is 8.32. The quantitative estimate of drug-likeness (QED) is 0.415. The van der Waals surface area contributed by atoms with Gasteiger partial charge in [0.05, 0.1) is 24.0 Å². The molecule has 0 fully saturated rings. The van der Waals surface area contributed by atoms with Gasteiger partial charge in [-0.3, -0.25) is 5.10 Å². The summed E-state index contributed by atoms with van der Waals surface area (Å²) in [4.78, 5) is 11.7. The summed E-state index contributed by atoms with van der Waals surface area (Å²) in [5.41, 5.74) is 5.17. The molecule has 2 aromatic heterocycles. The number of hydrogen-bond acceptors (Lipinski definition) is 5. The van der Waals surface area contributed by atoms with Crippen LogP contribution in [0.3, 0.4) is 0 Å². The molecule has 1 N–H and O–H groups in total. The Bertz CT molecular complexity index is 1190. The molecule has 6 nitrogen and oxygen atoms in total. The molecule has 2 heterocycles. The van der Waals surface area contributed by atoms with Crippen LogP contribution in [-0.2, 0) is 0 Å². The topological polar surface area (TPSA) is 66.9 Å². The number of rotatable bonds is 6. The Kier molecular flexibility index (Phi) is 5.59. The van der Waals surface area contributed by atoms with Crippen LogP contribution in [-0.4, -0.2) is 33.8 Å².